The number of aliphatic hydroxyl groups is 1. The maximum atomic E-state index is 10.4. The molecule has 0 amide bonds. The molecule has 0 saturated heterocycles. The lowest BCUT2D eigenvalue weighted by molar-refractivity contribution is 0.103. The Morgan fingerprint density at radius 2 is 1.65 bits per heavy atom. The van der Waals surface area contributed by atoms with Gasteiger partial charge in [-0.1, -0.05) is 48.5 Å². The third-order valence-corrected chi connectivity index (χ3v) is 5.39. The molecule has 0 aliphatic heterocycles. The van der Waals surface area contributed by atoms with E-state index < -0.39 is 6.10 Å². The van der Waals surface area contributed by atoms with Gasteiger partial charge in [-0.3, -0.25) is 4.68 Å². The van der Waals surface area contributed by atoms with Crippen molar-refractivity contribution in [3.8, 4) is 17.2 Å². The quantitative estimate of drug-likeness (QED) is 0.333. The molecule has 4 rings (SSSR count). The van der Waals surface area contributed by atoms with Crippen molar-refractivity contribution in [2.24, 2.45) is 0 Å². The Morgan fingerprint density at radius 1 is 0.912 bits per heavy atom. The van der Waals surface area contributed by atoms with Crippen LogP contribution in [0.3, 0.4) is 0 Å². The number of nitrogens with one attached hydrogen (secondary N) is 1. The van der Waals surface area contributed by atoms with E-state index in [1.807, 2.05) is 78.5 Å². The van der Waals surface area contributed by atoms with Crippen molar-refractivity contribution in [2.45, 2.75) is 25.7 Å². The number of aromatic nitrogens is 2. The van der Waals surface area contributed by atoms with Gasteiger partial charge in [-0.25, -0.2) is 0 Å². The van der Waals surface area contributed by atoms with E-state index in [0.29, 0.717) is 36.9 Å². The molecule has 1 heterocycles. The van der Waals surface area contributed by atoms with Gasteiger partial charge in [-0.15, -0.1) is 0 Å². The molecule has 34 heavy (non-hydrogen) atoms. The third-order valence-electron chi connectivity index (χ3n) is 5.39. The first-order valence-corrected chi connectivity index (χ1v) is 11.4. The second kappa shape index (κ2) is 11.5. The number of rotatable bonds is 12. The van der Waals surface area contributed by atoms with Gasteiger partial charge in [0.15, 0.2) is 11.5 Å². The minimum atomic E-state index is -0.659. The maximum Gasteiger partial charge on any atom is 0.161 e. The fourth-order valence-corrected chi connectivity index (χ4v) is 3.72. The normalized spacial score (nSPS) is 12.9. The van der Waals surface area contributed by atoms with Crippen LogP contribution in [0.15, 0.2) is 79.0 Å². The Kier molecular flexibility index (Phi) is 8.01. The van der Waals surface area contributed by atoms with Crippen LogP contribution < -0.4 is 19.5 Å². The molecule has 2 N–H and O–H groups in total. The first-order chi connectivity index (χ1) is 16.6. The van der Waals surface area contributed by atoms with Crippen molar-refractivity contribution in [1.29, 1.82) is 0 Å². The molecule has 0 aliphatic rings. The van der Waals surface area contributed by atoms with Crippen LogP contribution in [0.2, 0.25) is 0 Å². The van der Waals surface area contributed by atoms with Gasteiger partial charge in [0.25, 0.3) is 0 Å². The number of hydrogen-bond donors (Lipinski definition) is 2. The van der Waals surface area contributed by atoms with Crippen molar-refractivity contribution in [3.05, 3.63) is 84.6 Å². The highest BCUT2D eigenvalue weighted by Gasteiger charge is 2.12. The lowest BCUT2D eigenvalue weighted by Crippen LogP contribution is -2.36. The first kappa shape index (κ1) is 23.6. The molecule has 7 heteroatoms. The lowest BCUT2D eigenvalue weighted by Gasteiger charge is -2.19. The molecular weight excluding hydrogens is 430 g/mol. The van der Waals surface area contributed by atoms with Gasteiger partial charge in [-0.05, 0) is 36.8 Å². The van der Waals surface area contributed by atoms with Crippen molar-refractivity contribution in [2.75, 3.05) is 26.8 Å². The number of hydrogen-bond acceptors (Lipinski definition) is 6. The summed E-state index contributed by atoms with van der Waals surface area (Å²) in [6, 6.07) is 23.5. The molecule has 178 valence electrons. The summed E-state index contributed by atoms with van der Waals surface area (Å²) in [6.45, 7) is 3.81. The van der Waals surface area contributed by atoms with Crippen molar-refractivity contribution in [1.82, 2.24) is 15.1 Å². The number of nitrogens with zero attached hydrogens (tertiary/aromatic N) is 2. The molecule has 0 radical (unpaired) electrons. The summed E-state index contributed by atoms with van der Waals surface area (Å²) in [5, 5.41) is 19.2. The van der Waals surface area contributed by atoms with Crippen molar-refractivity contribution < 1.29 is 19.3 Å². The molecule has 1 aromatic heterocycles. The van der Waals surface area contributed by atoms with Crippen LogP contribution in [0.1, 0.15) is 12.5 Å². The number of para-hydroxylation sites is 2. The van der Waals surface area contributed by atoms with E-state index in [1.54, 1.807) is 7.11 Å². The molecule has 3 aromatic carbocycles. The van der Waals surface area contributed by atoms with Crippen molar-refractivity contribution >= 4 is 10.9 Å². The van der Waals surface area contributed by atoms with Crippen LogP contribution in [0, 0.1) is 0 Å². The smallest absolute Gasteiger partial charge is 0.161 e. The highest BCUT2D eigenvalue weighted by molar-refractivity contribution is 5.84. The standard InChI is InChI=1S/C27H31N3O4/c1-20(34-27-13-7-6-12-26(27)32-2)15-28-16-22(31)19-33-25-14-8-11-24-23(25)18-30(29-24)17-21-9-4-3-5-10-21/h3-14,18,20,22,28,31H,15-17,19H2,1-2H3. The summed E-state index contributed by atoms with van der Waals surface area (Å²) in [5.74, 6) is 2.11. The van der Waals surface area contributed by atoms with Gasteiger partial charge < -0.3 is 24.6 Å². The Hall–Kier alpha value is -3.55. The van der Waals surface area contributed by atoms with Gasteiger partial charge in [0.2, 0.25) is 0 Å². The largest absolute Gasteiger partial charge is 0.493 e. The van der Waals surface area contributed by atoms with E-state index in [9.17, 15) is 5.11 Å². The van der Waals surface area contributed by atoms with Crippen molar-refractivity contribution in [3.63, 3.8) is 0 Å². The van der Waals surface area contributed by atoms with Crippen LogP contribution in [-0.4, -0.2) is 53.9 Å². The number of fused-ring (bicyclic) bond motifs is 1. The first-order valence-electron chi connectivity index (χ1n) is 11.4. The van der Waals surface area contributed by atoms with Gasteiger partial charge >= 0.3 is 0 Å². The Bertz CT molecular complexity index is 1180. The third kappa shape index (κ3) is 6.27. The molecule has 2 unspecified atom stereocenters. The average Bonchev–Trinajstić information content (AvgIpc) is 3.26. The Labute approximate surface area is 199 Å². The summed E-state index contributed by atoms with van der Waals surface area (Å²) >= 11 is 0. The molecule has 7 nitrogen and oxygen atoms in total. The van der Waals surface area contributed by atoms with E-state index in [2.05, 4.69) is 22.5 Å². The van der Waals surface area contributed by atoms with Crippen LogP contribution in [-0.2, 0) is 6.54 Å². The van der Waals surface area contributed by atoms with E-state index in [-0.39, 0.29) is 12.7 Å². The molecule has 0 bridgehead atoms. The molecule has 2 atom stereocenters. The molecule has 0 spiro atoms. The monoisotopic (exact) mass is 461 g/mol. The van der Waals surface area contributed by atoms with E-state index in [1.165, 1.54) is 5.56 Å². The second-order valence-electron chi connectivity index (χ2n) is 8.20. The van der Waals surface area contributed by atoms with Gasteiger partial charge in [-0.2, -0.15) is 5.10 Å². The van der Waals surface area contributed by atoms with Gasteiger partial charge in [0.1, 0.15) is 24.6 Å². The summed E-state index contributed by atoms with van der Waals surface area (Å²) in [5.41, 5.74) is 2.05. The molecule has 0 fully saturated rings. The molecule has 0 saturated carbocycles. The molecule has 4 aromatic rings. The zero-order chi connectivity index (χ0) is 23.8. The highest BCUT2D eigenvalue weighted by Crippen LogP contribution is 2.27. The van der Waals surface area contributed by atoms with Crippen LogP contribution in [0.25, 0.3) is 10.9 Å². The zero-order valence-electron chi connectivity index (χ0n) is 19.6. The number of ether oxygens (including phenoxy) is 3. The topological polar surface area (TPSA) is 77.8 Å². The maximum absolute atomic E-state index is 10.4. The molecular formula is C27H31N3O4. The second-order valence-corrected chi connectivity index (χ2v) is 8.20. The number of methoxy groups -OCH3 is 1. The Morgan fingerprint density at radius 3 is 2.44 bits per heavy atom. The van der Waals surface area contributed by atoms with Crippen LogP contribution >= 0.6 is 0 Å². The zero-order valence-corrected chi connectivity index (χ0v) is 19.6. The number of benzene rings is 3. The number of aliphatic hydroxyl groups excluding tert-OH is 1. The average molecular weight is 462 g/mol. The summed E-state index contributed by atoms with van der Waals surface area (Å²) in [7, 11) is 1.62. The summed E-state index contributed by atoms with van der Waals surface area (Å²) in [4.78, 5) is 0. The highest BCUT2D eigenvalue weighted by atomic mass is 16.5. The van der Waals surface area contributed by atoms with Crippen LogP contribution in [0.5, 0.6) is 17.2 Å². The summed E-state index contributed by atoms with van der Waals surface area (Å²) < 4.78 is 19.1. The fourth-order valence-electron chi connectivity index (χ4n) is 3.72. The lowest BCUT2D eigenvalue weighted by atomic mass is 10.2. The minimum absolute atomic E-state index is 0.0892. The molecule has 0 aliphatic carbocycles. The predicted molar refractivity (Wildman–Crippen MR) is 133 cm³/mol. The van der Waals surface area contributed by atoms with Crippen LogP contribution in [0.4, 0.5) is 0 Å². The van der Waals surface area contributed by atoms with E-state index >= 15 is 0 Å². The SMILES string of the molecule is COc1ccccc1OC(C)CNCC(O)COc1cccc2nn(Cc3ccccc3)cc12. The summed E-state index contributed by atoms with van der Waals surface area (Å²) in [6.07, 6.45) is 1.24. The Balaban J connectivity index is 1.25. The van der Waals surface area contributed by atoms with Gasteiger partial charge in [0, 0.05) is 19.3 Å². The fraction of sp³-hybridized carbons (Fsp3) is 0.296. The van der Waals surface area contributed by atoms with E-state index in [4.69, 9.17) is 14.2 Å². The van der Waals surface area contributed by atoms with Gasteiger partial charge in [0.05, 0.1) is 24.6 Å². The predicted octanol–water partition coefficient (Wildman–Crippen LogP) is 3.89. The minimum Gasteiger partial charge on any atom is -0.493 e. The van der Waals surface area contributed by atoms with E-state index in [0.717, 1.165) is 10.9 Å².